The molecule has 1 aromatic rings. The van der Waals surface area contributed by atoms with Gasteiger partial charge in [0.05, 0.1) is 12.0 Å². The number of hydrogen-bond acceptors (Lipinski definition) is 3. The molecule has 0 spiro atoms. The molecule has 1 saturated carbocycles. The summed E-state index contributed by atoms with van der Waals surface area (Å²) in [6.45, 7) is 0. The van der Waals surface area contributed by atoms with Crippen LogP contribution in [0.1, 0.15) is 29.8 Å². The first-order valence-corrected chi connectivity index (χ1v) is 5.54. The molecule has 1 amide bonds. The first kappa shape index (κ1) is 11.0. The number of rotatable bonds is 2. The van der Waals surface area contributed by atoms with Gasteiger partial charge >= 0.3 is 0 Å². The quantitative estimate of drug-likeness (QED) is 0.860. The minimum absolute atomic E-state index is 0.0682. The van der Waals surface area contributed by atoms with Crippen LogP contribution in [0.2, 0.25) is 5.22 Å². The summed E-state index contributed by atoms with van der Waals surface area (Å²) in [6.07, 6.45) is 2.67. The number of halogens is 1. The van der Waals surface area contributed by atoms with Crippen molar-refractivity contribution in [2.24, 2.45) is 5.92 Å². The number of amides is 1. The zero-order chi connectivity index (χ0) is 11.5. The highest BCUT2D eigenvalue weighted by atomic mass is 35.5. The molecule has 16 heavy (non-hydrogen) atoms. The van der Waals surface area contributed by atoms with Crippen LogP contribution in [0.15, 0.2) is 16.5 Å². The summed E-state index contributed by atoms with van der Waals surface area (Å²) in [7, 11) is 0. The first-order chi connectivity index (χ1) is 7.70. The highest BCUT2D eigenvalue weighted by Gasteiger charge is 2.29. The van der Waals surface area contributed by atoms with Crippen molar-refractivity contribution in [1.29, 1.82) is 5.26 Å². The summed E-state index contributed by atoms with van der Waals surface area (Å²) in [5.74, 6) is -0.206. The van der Waals surface area contributed by atoms with Crippen LogP contribution in [0.3, 0.4) is 0 Å². The lowest BCUT2D eigenvalue weighted by molar-refractivity contribution is 0.0905. The lowest BCUT2D eigenvalue weighted by atomic mass is 10.1. The molecule has 84 valence electrons. The molecule has 0 aromatic carbocycles. The predicted molar refractivity (Wildman–Crippen MR) is 57.9 cm³/mol. The summed E-state index contributed by atoms with van der Waals surface area (Å²) < 4.78 is 4.99. The van der Waals surface area contributed by atoms with Crippen LogP contribution in [-0.2, 0) is 0 Å². The largest absolute Gasteiger partial charge is 0.440 e. The third-order valence-corrected chi connectivity index (χ3v) is 3.00. The van der Waals surface area contributed by atoms with Crippen molar-refractivity contribution in [3.05, 3.63) is 23.1 Å². The van der Waals surface area contributed by atoms with E-state index in [0.29, 0.717) is 0 Å². The summed E-state index contributed by atoms with van der Waals surface area (Å²) in [5.41, 5.74) is 0. The molecule has 2 rings (SSSR count). The van der Waals surface area contributed by atoms with Gasteiger partial charge in [0.25, 0.3) is 5.91 Å². The number of hydrogen-bond donors (Lipinski definition) is 1. The molecule has 1 aromatic heterocycles. The lowest BCUT2D eigenvalue weighted by Gasteiger charge is -2.14. The Labute approximate surface area is 98.2 Å². The fourth-order valence-electron chi connectivity index (χ4n) is 1.96. The van der Waals surface area contributed by atoms with Crippen molar-refractivity contribution in [3.8, 4) is 6.07 Å². The van der Waals surface area contributed by atoms with E-state index in [2.05, 4.69) is 11.4 Å². The second-order valence-electron chi connectivity index (χ2n) is 3.85. The van der Waals surface area contributed by atoms with Crippen LogP contribution in [-0.4, -0.2) is 11.9 Å². The van der Waals surface area contributed by atoms with Crippen molar-refractivity contribution in [2.75, 3.05) is 0 Å². The number of carbonyl (C=O) groups is 1. The number of nitriles is 1. The van der Waals surface area contributed by atoms with E-state index in [1.54, 1.807) is 0 Å². The molecule has 1 aliphatic carbocycles. The van der Waals surface area contributed by atoms with Crippen LogP contribution in [0, 0.1) is 17.2 Å². The number of furan rings is 1. The molecular formula is C11H11ClN2O2. The summed E-state index contributed by atoms with van der Waals surface area (Å²) in [6, 6.07) is 5.18. The van der Waals surface area contributed by atoms with E-state index in [0.717, 1.165) is 19.3 Å². The smallest absolute Gasteiger partial charge is 0.287 e. The van der Waals surface area contributed by atoms with E-state index in [1.807, 2.05) is 0 Å². The normalized spacial score (nSPS) is 24.0. The van der Waals surface area contributed by atoms with E-state index in [9.17, 15) is 4.79 Å². The second-order valence-corrected chi connectivity index (χ2v) is 4.22. The Hall–Kier alpha value is -1.47. The number of carbonyl (C=O) groups excluding carboxylic acids is 1. The molecule has 2 atom stereocenters. The maximum atomic E-state index is 11.7. The highest BCUT2D eigenvalue weighted by molar-refractivity contribution is 6.29. The zero-order valence-corrected chi connectivity index (χ0v) is 9.33. The van der Waals surface area contributed by atoms with Crippen molar-refractivity contribution in [1.82, 2.24) is 5.32 Å². The monoisotopic (exact) mass is 238 g/mol. The van der Waals surface area contributed by atoms with Gasteiger partial charge in [-0.1, -0.05) is 0 Å². The summed E-state index contributed by atoms with van der Waals surface area (Å²) in [5, 5.41) is 11.9. The van der Waals surface area contributed by atoms with E-state index < -0.39 is 0 Å². The summed E-state index contributed by atoms with van der Waals surface area (Å²) in [4.78, 5) is 11.7. The molecule has 1 N–H and O–H groups in total. The fourth-order valence-corrected chi connectivity index (χ4v) is 2.11. The third kappa shape index (κ3) is 2.20. The minimum atomic E-state index is -0.306. The second kappa shape index (κ2) is 4.58. The summed E-state index contributed by atoms with van der Waals surface area (Å²) >= 11 is 5.58. The first-order valence-electron chi connectivity index (χ1n) is 5.16. The fraction of sp³-hybridized carbons (Fsp3) is 0.455. The van der Waals surface area contributed by atoms with Gasteiger partial charge in [-0.15, -0.1) is 0 Å². The molecule has 1 fully saturated rings. The van der Waals surface area contributed by atoms with Gasteiger partial charge in [0.15, 0.2) is 11.0 Å². The standard InChI is InChI=1S/C11H11ClN2O2/c12-10-5-4-9(16-10)11(15)14-8-3-1-2-7(8)6-13/h4-5,7-8H,1-3H2,(H,14,15). The number of nitrogens with zero attached hydrogens (tertiary/aromatic N) is 1. The predicted octanol–water partition coefficient (Wildman–Crippen LogP) is 2.36. The molecule has 1 heterocycles. The van der Waals surface area contributed by atoms with E-state index in [1.165, 1.54) is 12.1 Å². The molecule has 0 saturated heterocycles. The Kier molecular flexibility index (Phi) is 3.16. The number of nitrogens with one attached hydrogen (secondary N) is 1. The lowest BCUT2D eigenvalue weighted by Crippen LogP contribution is -2.36. The van der Waals surface area contributed by atoms with Crippen LogP contribution in [0.4, 0.5) is 0 Å². The van der Waals surface area contributed by atoms with Crippen LogP contribution < -0.4 is 5.32 Å². The van der Waals surface area contributed by atoms with Gasteiger partial charge < -0.3 is 9.73 Å². The maximum absolute atomic E-state index is 11.7. The van der Waals surface area contributed by atoms with E-state index >= 15 is 0 Å². The Balaban J connectivity index is 2.00. The van der Waals surface area contributed by atoms with E-state index in [4.69, 9.17) is 21.3 Å². The van der Waals surface area contributed by atoms with Crippen molar-refractivity contribution < 1.29 is 9.21 Å². The Morgan fingerprint density at radius 3 is 3.00 bits per heavy atom. The Morgan fingerprint density at radius 1 is 1.56 bits per heavy atom. The maximum Gasteiger partial charge on any atom is 0.287 e. The van der Waals surface area contributed by atoms with Gasteiger partial charge in [0.1, 0.15) is 0 Å². The highest BCUT2D eigenvalue weighted by Crippen LogP contribution is 2.25. The van der Waals surface area contributed by atoms with Crippen LogP contribution in [0.5, 0.6) is 0 Å². The van der Waals surface area contributed by atoms with E-state index in [-0.39, 0.29) is 28.8 Å². The van der Waals surface area contributed by atoms with Gasteiger partial charge in [-0.05, 0) is 43.0 Å². The molecular weight excluding hydrogens is 228 g/mol. The Morgan fingerprint density at radius 2 is 2.38 bits per heavy atom. The van der Waals surface area contributed by atoms with Crippen molar-refractivity contribution in [2.45, 2.75) is 25.3 Å². The van der Waals surface area contributed by atoms with Crippen molar-refractivity contribution >= 4 is 17.5 Å². The average Bonchev–Trinajstić information content (AvgIpc) is 2.86. The van der Waals surface area contributed by atoms with Crippen LogP contribution in [0.25, 0.3) is 0 Å². The topological polar surface area (TPSA) is 66.0 Å². The third-order valence-electron chi connectivity index (χ3n) is 2.80. The molecule has 4 nitrogen and oxygen atoms in total. The van der Waals surface area contributed by atoms with Gasteiger partial charge in [-0.25, -0.2) is 0 Å². The van der Waals surface area contributed by atoms with Gasteiger partial charge in [0, 0.05) is 6.04 Å². The van der Waals surface area contributed by atoms with Gasteiger partial charge in [-0.2, -0.15) is 5.26 Å². The van der Waals surface area contributed by atoms with Gasteiger partial charge in [-0.3, -0.25) is 4.79 Å². The van der Waals surface area contributed by atoms with Gasteiger partial charge in [0.2, 0.25) is 0 Å². The molecule has 1 aliphatic rings. The molecule has 0 radical (unpaired) electrons. The Bertz CT molecular complexity index is 435. The van der Waals surface area contributed by atoms with Crippen molar-refractivity contribution in [3.63, 3.8) is 0 Å². The molecule has 0 bridgehead atoms. The SMILES string of the molecule is N#CC1CCCC1NC(=O)c1ccc(Cl)o1. The average molecular weight is 239 g/mol. The van der Waals surface area contributed by atoms with Crippen LogP contribution >= 0.6 is 11.6 Å². The molecule has 0 aliphatic heterocycles. The minimum Gasteiger partial charge on any atom is -0.440 e. The zero-order valence-electron chi connectivity index (χ0n) is 8.57. The molecule has 5 heteroatoms. The molecule has 2 unspecified atom stereocenters.